The number of rotatable bonds is 6. The molecule has 1 aromatic rings. The number of benzene rings is 1. The summed E-state index contributed by atoms with van der Waals surface area (Å²) >= 11 is 0. The van der Waals surface area contributed by atoms with Gasteiger partial charge in [0.05, 0.1) is 22.5 Å². The Balaban J connectivity index is 2.96. The van der Waals surface area contributed by atoms with Crippen LogP contribution in [0.5, 0.6) is 5.75 Å². The molecule has 0 atom stereocenters. The minimum atomic E-state index is -0.727. The number of ether oxygens (including phenoxy) is 2. The Morgan fingerprint density at radius 2 is 1.88 bits per heavy atom. The zero-order valence-corrected chi connectivity index (χ0v) is 8.99. The van der Waals surface area contributed by atoms with Crippen molar-refractivity contribution in [2.75, 3.05) is 20.3 Å². The molecule has 0 spiro atoms. The van der Waals surface area contributed by atoms with Gasteiger partial charge in [0.25, 0.3) is 5.69 Å². The summed E-state index contributed by atoms with van der Waals surface area (Å²) in [6.45, 7) is 0.406. The minimum Gasteiger partial charge on any atom is -0.484 e. The van der Waals surface area contributed by atoms with E-state index in [-0.39, 0.29) is 24.7 Å². The average molecular weight is 242 g/mol. The van der Waals surface area contributed by atoms with Gasteiger partial charge in [0.1, 0.15) is 6.61 Å². The van der Waals surface area contributed by atoms with Crippen molar-refractivity contribution in [1.29, 1.82) is 0 Å². The molecule has 0 saturated carbocycles. The highest BCUT2D eigenvalue weighted by Crippen LogP contribution is 2.30. The summed E-state index contributed by atoms with van der Waals surface area (Å²) in [5.74, 6) is -0.0161. The predicted octanol–water partition coefficient (Wildman–Crippen LogP) is 1.53. The van der Waals surface area contributed by atoms with Crippen LogP contribution in [0, 0.1) is 20.2 Å². The third-order valence-corrected chi connectivity index (χ3v) is 1.90. The van der Waals surface area contributed by atoms with Gasteiger partial charge in [-0.15, -0.1) is 0 Å². The van der Waals surface area contributed by atoms with Gasteiger partial charge in [0.15, 0.2) is 5.75 Å². The van der Waals surface area contributed by atoms with E-state index in [1.165, 1.54) is 13.2 Å². The maximum Gasteiger partial charge on any atom is 0.317 e. The topological polar surface area (TPSA) is 105 Å². The molecule has 0 aliphatic rings. The Labute approximate surface area is 96.1 Å². The van der Waals surface area contributed by atoms with Gasteiger partial charge in [0.2, 0.25) is 0 Å². The van der Waals surface area contributed by atoms with Crippen molar-refractivity contribution in [2.45, 2.75) is 0 Å². The lowest BCUT2D eigenvalue weighted by Gasteiger charge is -2.05. The molecule has 0 aliphatic heterocycles. The van der Waals surface area contributed by atoms with Gasteiger partial charge in [-0.05, 0) is 6.07 Å². The molecule has 1 rings (SSSR count). The predicted molar refractivity (Wildman–Crippen MR) is 57.1 cm³/mol. The van der Waals surface area contributed by atoms with Crippen molar-refractivity contribution >= 4 is 11.4 Å². The van der Waals surface area contributed by atoms with E-state index in [0.29, 0.717) is 0 Å². The van der Waals surface area contributed by atoms with Gasteiger partial charge in [-0.3, -0.25) is 20.2 Å². The van der Waals surface area contributed by atoms with Crippen LogP contribution in [0.25, 0.3) is 0 Å². The Kier molecular flexibility index (Phi) is 4.35. The van der Waals surface area contributed by atoms with Crippen LogP contribution in [0.2, 0.25) is 0 Å². The highest BCUT2D eigenvalue weighted by molar-refractivity contribution is 5.53. The molecule has 8 heteroatoms. The number of non-ortho nitro benzene ring substituents is 1. The zero-order chi connectivity index (χ0) is 12.8. The number of nitrogens with zero attached hydrogens (tertiary/aromatic N) is 2. The molecule has 0 bridgehead atoms. The van der Waals surface area contributed by atoms with Gasteiger partial charge in [0, 0.05) is 13.2 Å². The Bertz CT molecular complexity index is 433. The summed E-state index contributed by atoms with van der Waals surface area (Å²) in [7, 11) is 1.47. The standard InChI is InChI=1S/C9H10N2O6/c1-16-4-5-17-9-3-2-7(10(12)13)6-8(9)11(14)15/h2-3,6H,4-5H2,1H3. The first-order valence-corrected chi connectivity index (χ1v) is 4.61. The van der Waals surface area contributed by atoms with Gasteiger partial charge in [-0.25, -0.2) is 0 Å². The van der Waals surface area contributed by atoms with Gasteiger partial charge in [-0.2, -0.15) is 0 Å². The molecule has 8 nitrogen and oxygen atoms in total. The van der Waals surface area contributed by atoms with Crippen LogP contribution in [0.1, 0.15) is 0 Å². The number of nitro groups is 2. The first kappa shape index (κ1) is 12.8. The quantitative estimate of drug-likeness (QED) is 0.425. The largest absolute Gasteiger partial charge is 0.484 e. The fourth-order valence-electron chi connectivity index (χ4n) is 1.12. The van der Waals surface area contributed by atoms with E-state index in [2.05, 4.69) is 0 Å². The fourth-order valence-corrected chi connectivity index (χ4v) is 1.12. The summed E-state index contributed by atoms with van der Waals surface area (Å²) in [4.78, 5) is 19.7. The van der Waals surface area contributed by atoms with Crippen LogP contribution in [0.4, 0.5) is 11.4 Å². The first-order valence-electron chi connectivity index (χ1n) is 4.61. The van der Waals surface area contributed by atoms with Gasteiger partial charge in [-0.1, -0.05) is 0 Å². The monoisotopic (exact) mass is 242 g/mol. The molecule has 17 heavy (non-hydrogen) atoms. The maximum absolute atomic E-state index is 10.7. The summed E-state index contributed by atoms with van der Waals surface area (Å²) in [5, 5.41) is 21.2. The smallest absolute Gasteiger partial charge is 0.317 e. The van der Waals surface area contributed by atoms with E-state index < -0.39 is 15.5 Å². The summed E-state index contributed by atoms with van der Waals surface area (Å²) in [6, 6.07) is 3.21. The lowest BCUT2D eigenvalue weighted by atomic mass is 10.2. The third-order valence-electron chi connectivity index (χ3n) is 1.90. The molecular formula is C9H10N2O6. The van der Waals surface area contributed by atoms with Crippen LogP contribution in [-0.2, 0) is 4.74 Å². The zero-order valence-electron chi connectivity index (χ0n) is 8.99. The number of nitro benzene ring substituents is 2. The van der Waals surface area contributed by atoms with Crippen LogP contribution in [0.15, 0.2) is 18.2 Å². The van der Waals surface area contributed by atoms with E-state index in [9.17, 15) is 20.2 Å². The molecule has 0 heterocycles. The van der Waals surface area contributed by atoms with E-state index in [1.807, 2.05) is 0 Å². The van der Waals surface area contributed by atoms with Crippen LogP contribution in [-0.4, -0.2) is 30.2 Å². The van der Waals surface area contributed by atoms with E-state index in [1.54, 1.807) is 0 Å². The first-order chi connectivity index (χ1) is 8.06. The van der Waals surface area contributed by atoms with Gasteiger partial charge >= 0.3 is 5.69 Å². The number of hydrogen-bond acceptors (Lipinski definition) is 6. The van der Waals surface area contributed by atoms with Crippen molar-refractivity contribution in [2.24, 2.45) is 0 Å². The average Bonchev–Trinajstić information content (AvgIpc) is 2.29. The van der Waals surface area contributed by atoms with Crippen molar-refractivity contribution in [3.05, 3.63) is 38.4 Å². The van der Waals surface area contributed by atoms with Crippen molar-refractivity contribution in [1.82, 2.24) is 0 Å². The lowest BCUT2D eigenvalue weighted by molar-refractivity contribution is -0.394. The summed E-state index contributed by atoms with van der Waals surface area (Å²) < 4.78 is 9.81. The molecule has 0 saturated heterocycles. The highest BCUT2D eigenvalue weighted by Gasteiger charge is 2.20. The number of hydrogen-bond donors (Lipinski definition) is 0. The van der Waals surface area contributed by atoms with E-state index >= 15 is 0 Å². The molecule has 0 fully saturated rings. The third kappa shape index (κ3) is 3.38. The van der Waals surface area contributed by atoms with Crippen molar-refractivity contribution in [3.63, 3.8) is 0 Å². The van der Waals surface area contributed by atoms with Crippen molar-refractivity contribution < 1.29 is 19.3 Å². The fraction of sp³-hybridized carbons (Fsp3) is 0.333. The lowest BCUT2D eigenvalue weighted by Crippen LogP contribution is -2.06. The Hall–Kier alpha value is -2.22. The second-order valence-corrected chi connectivity index (χ2v) is 3.01. The molecule has 0 aromatic heterocycles. The second-order valence-electron chi connectivity index (χ2n) is 3.01. The summed E-state index contributed by atoms with van der Waals surface area (Å²) in [6.07, 6.45) is 0. The molecular weight excluding hydrogens is 232 g/mol. The molecule has 0 radical (unpaired) electrons. The SMILES string of the molecule is COCCOc1ccc([N+](=O)[O-])cc1[N+](=O)[O-]. The molecule has 0 amide bonds. The Morgan fingerprint density at radius 3 is 2.41 bits per heavy atom. The molecule has 1 aromatic carbocycles. The second kappa shape index (κ2) is 5.75. The van der Waals surface area contributed by atoms with E-state index in [4.69, 9.17) is 9.47 Å². The Morgan fingerprint density at radius 1 is 1.18 bits per heavy atom. The molecule has 0 N–H and O–H groups in total. The van der Waals surface area contributed by atoms with Crippen molar-refractivity contribution in [3.8, 4) is 5.75 Å². The molecule has 0 aliphatic carbocycles. The van der Waals surface area contributed by atoms with Crippen LogP contribution < -0.4 is 4.74 Å². The normalized spacial score (nSPS) is 9.94. The molecule has 92 valence electrons. The van der Waals surface area contributed by atoms with Crippen LogP contribution >= 0.6 is 0 Å². The van der Waals surface area contributed by atoms with Gasteiger partial charge < -0.3 is 9.47 Å². The number of methoxy groups -OCH3 is 1. The summed E-state index contributed by atoms with van der Waals surface area (Å²) in [5.41, 5.74) is -0.786. The highest BCUT2D eigenvalue weighted by atomic mass is 16.6. The maximum atomic E-state index is 10.7. The minimum absolute atomic E-state index is 0.0161. The van der Waals surface area contributed by atoms with Crippen LogP contribution in [0.3, 0.4) is 0 Å². The van der Waals surface area contributed by atoms with E-state index in [0.717, 1.165) is 12.1 Å². The molecule has 0 unspecified atom stereocenters.